The second-order valence-corrected chi connectivity index (χ2v) is 7.06. The molecule has 3 N–H and O–H groups in total. The van der Waals surface area contributed by atoms with Crippen molar-refractivity contribution >= 4 is 35.0 Å². The summed E-state index contributed by atoms with van der Waals surface area (Å²) in [5, 5.41) is 16.2. The summed E-state index contributed by atoms with van der Waals surface area (Å²) in [6.45, 7) is 2.11. The summed E-state index contributed by atoms with van der Waals surface area (Å²) in [5.41, 5.74) is -2.19. The van der Waals surface area contributed by atoms with Gasteiger partial charge in [-0.15, -0.1) is 0 Å². The van der Waals surface area contributed by atoms with Crippen molar-refractivity contribution in [3.05, 3.63) is 46.9 Å². The Labute approximate surface area is 173 Å². The van der Waals surface area contributed by atoms with Crippen molar-refractivity contribution in [3.8, 4) is 5.75 Å². The number of aromatic nitrogens is 2. The zero-order valence-corrected chi connectivity index (χ0v) is 17.0. The van der Waals surface area contributed by atoms with Gasteiger partial charge in [0, 0.05) is 14.1 Å². The van der Waals surface area contributed by atoms with Gasteiger partial charge in [0.05, 0.1) is 35.1 Å². The number of rotatable bonds is 6. The second-order valence-electron chi connectivity index (χ2n) is 6.53. The van der Waals surface area contributed by atoms with Crippen molar-refractivity contribution in [2.45, 2.75) is 19.6 Å². The number of hydrogen-bond acceptors (Lipinski definition) is 8. The van der Waals surface area contributed by atoms with E-state index in [9.17, 15) is 23.1 Å². The highest BCUT2D eigenvalue weighted by atomic mass is 32.1. The largest absolute Gasteiger partial charge is 0.505 e. The van der Waals surface area contributed by atoms with Crippen LogP contribution in [0, 0.1) is 6.92 Å². The molecule has 0 aliphatic carbocycles. The number of nitrogens with one attached hydrogen (secondary N) is 2. The number of alkyl halides is 3. The van der Waals surface area contributed by atoms with Crippen LogP contribution in [0.3, 0.4) is 0 Å². The lowest BCUT2D eigenvalue weighted by Gasteiger charge is -2.19. The number of phenolic OH excluding ortho intramolecular Hbond substituents is 1. The third kappa shape index (κ3) is 4.48. The van der Waals surface area contributed by atoms with Crippen LogP contribution < -0.4 is 10.6 Å². The molecule has 0 spiro atoms. The molecule has 2 heterocycles. The van der Waals surface area contributed by atoms with E-state index in [0.29, 0.717) is 18.1 Å². The zero-order valence-electron chi connectivity index (χ0n) is 16.2. The number of nitrogens with zero attached hydrogens (tertiary/aromatic N) is 3. The molecule has 0 aliphatic rings. The van der Waals surface area contributed by atoms with Gasteiger partial charge >= 0.3 is 6.18 Å². The minimum absolute atomic E-state index is 0.113. The first-order valence-corrected chi connectivity index (χ1v) is 9.34. The summed E-state index contributed by atoms with van der Waals surface area (Å²) in [6.07, 6.45) is -4.81. The maximum absolute atomic E-state index is 13.3. The van der Waals surface area contributed by atoms with Crippen LogP contribution in [0.15, 0.2) is 28.7 Å². The molecule has 8 nitrogen and oxygen atoms in total. The van der Waals surface area contributed by atoms with Gasteiger partial charge in [-0.05, 0) is 31.2 Å². The van der Waals surface area contributed by atoms with Crippen LogP contribution in [-0.4, -0.2) is 38.8 Å². The average Bonchev–Trinajstić information content (AvgIpc) is 3.28. The third-order valence-electron chi connectivity index (χ3n) is 4.07. The molecule has 160 valence electrons. The summed E-state index contributed by atoms with van der Waals surface area (Å²) >= 11 is 0.862. The monoisotopic (exact) mass is 441 g/mol. The minimum Gasteiger partial charge on any atom is -0.505 e. The fourth-order valence-corrected chi connectivity index (χ4v) is 3.12. The van der Waals surface area contributed by atoms with Crippen molar-refractivity contribution < 1.29 is 27.5 Å². The fourth-order valence-electron chi connectivity index (χ4n) is 2.63. The molecule has 12 heteroatoms. The number of benzene rings is 1. The van der Waals surface area contributed by atoms with Crippen molar-refractivity contribution in [2.24, 2.45) is 0 Å². The minimum atomic E-state index is -4.81. The molecule has 0 radical (unpaired) electrons. The molecule has 0 saturated heterocycles. The second kappa shape index (κ2) is 8.22. The SMILES string of the molecule is Cc1ccc(CNc2nsnc2Nc2ccc(C(F)(F)F)c(C(=O)N(C)C)c2O)o1. The van der Waals surface area contributed by atoms with E-state index in [1.807, 2.05) is 0 Å². The van der Waals surface area contributed by atoms with E-state index in [2.05, 4.69) is 19.4 Å². The number of anilines is 3. The summed E-state index contributed by atoms with van der Waals surface area (Å²) in [7, 11) is 2.59. The summed E-state index contributed by atoms with van der Waals surface area (Å²) in [4.78, 5) is 13.3. The van der Waals surface area contributed by atoms with Crippen molar-refractivity contribution in [1.82, 2.24) is 13.6 Å². The van der Waals surface area contributed by atoms with E-state index in [1.54, 1.807) is 19.1 Å². The maximum atomic E-state index is 13.3. The van der Waals surface area contributed by atoms with Gasteiger partial charge in [-0.1, -0.05) is 0 Å². The average molecular weight is 441 g/mol. The molecule has 1 aromatic carbocycles. The fraction of sp³-hybridized carbons (Fsp3) is 0.278. The third-order valence-corrected chi connectivity index (χ3v) is 4.60. The Morgan fingerprint density at radius 3 is 2.50 bits per heavy atom. The Morgan fingerprint density at radius 1 is 1.20 bits per heavy atom. The van der Waals surface area contributed by atoms with Crippen LogP contribution in [-0.2, 0) is 12.7 Å². The predicted octanol–water partition coefficient (Wildman–Crippen LogP) is 4.22. The van der Waals surface area contributed by atoms with Gasteiger partial charge in [0.1, 0.15) is 11.5 Å². The van der Waals surface area contributed by atoms with Crippen molar-refractivity contribution in [2.75, 3.05) is 24.7 Å². The standard InChI is InChI=1S/C18H18F3N5O3S/c1-9-4-5-10(29-9)8-22-15-16(25-30-24-15)23-12-7-6-11(18(19,20)21)13(14(12)27)17(28)26(2)3/h4-7,27H,8H2,1-3H3,(H,22,24)(H,23,25). The van der Waals surface area contributed by atoms with Gasteiger partial charge in [0.25, 0.3) is 5.91 Å². The summed E-state index contributed by atoms with van der Waals surface area (Å²) in [6, 6.07) is 5.36. The van der Waals surface area contributed by atoms with E-state index in [0.717, 1.165) is 34.5 Å². The van der Waals surface area contributed by atoms with Gasteiger partial charge in [-0.3, -0.25) is 4.79 Å². The molecular formula is C18H18F3N5O3S. The molecule has 3 aromatic rings. The van der Waals surface area contributed by atoms with Crippen LogP contribution in [0.4, 0.5) is 30.5 Å². The first-order chi connectivity index (χ1) is 14.1. The number of furan rings is 1. The molecule has 0 atom stereocenters. The van der Waals surface area contributed by atoms with Crippen molar-refractivity contribution in [1.29, 1.82) is 0 Å². The normalized spacial score (nSPS) is 11.4. The Bertz CT molecular complexity index is 1060. The number of halogens is 3. The quantitative estimate of drug-likeness (QED) is 0.492. The number of aromatic hydroxyl groups is 1. The van der Waals surface area contributed by atoms with Crippen LogP contribution in [0.25, 0.3) is 0 Å². The van der Waals surface area contributed by atoms with E-state index in [1.165, 1.54) is 14.1 Å². The highest BCUT2D eigenvalue weighted by Crippen LogP contribution is 2.41. The van der Waals surface area contributed by atoms with Crippen LogP contribution >= 0.6 is 11.7 Å². The first kappa shape index (κ1) is 21.4. The number of aryl methyl sites for hydroxylation is 1. The maximum Gasteiger partial charge on any atom is 0.417 e. The van der Waals surface area contributed by atoms with E-state index >= 15 is 0 Å². The number of amides is 1. The lowest BCUT2D eigenvalue weighted by atomic mass is 10.0. The number of phenols is 1. The van der Waals surface area contributed by atoms with E-state index in [4.69, 9.17) is 4.42 Å². The number of carbonyl (C=O) groups excluding carboxylic acids is 1. The number of hydrogen-bond donors (Lipinski definition) is 3. The lowest BCUT2D eigenvalue weighted by molar-refractivity contribution is -0.138. The molecular weight excluding hydrogens is 423 g/mol. The molecule has 3 rings (SSSR count). The Balaban J connectivity index is 1.90. The molecule has 30 heavy (non-hydrogen) atoms. The van der Waals surface area contributed by atoms with Gasteiger partial charge in [0.15, 0.2) is 17.4 Å². The molecule has 1 amide bonds. The Morgan fingerprint density at radius 2 is 1.90 bits per heavy atom. The Hall–Kier alpha value is -3.28. The van der Waals surface area contributed by atoms with E-state index in [-0.39, 0.29) is 11.5 Å². The predicted molar refractivity (Wildman–Crippen MR) is 105 cm³/mol. The summed E-state index contributed by atoms with van der Waals surface area (Å²) in [5.74, 6) is 0.0861. The number of carbonyl (C=O) groups is 1. The first-order valence-electron chi connectivity index (χ1n) is 8.61. The smallest absolute Gasteiger partial charge is 0.417 e. The van der Waals surface area contributed by atoms with E-state index < -0.39 is 29.0 Å². The molecule has 0 aliphatic heterocycles. The molecule has 0 bridgehead atoms. The lowest BCUT2D eigenvalue weighted by Crippen LogP contribution is -2.25. The van der Waals surface area contributed by atoms with Gasteiger partial charge < -0.3 is 25.1 Å². The molecule has 0 saturated carbocycles. The highest BCUT2D eigenvalue weighted by molar-refractivity contribution is 6.99. The van der Waals surface area contributed by atoms with Crippen LogP contribution in [0.5, 0.6) is 5.75 Å². The van der Waals surface area contributed by atoms with Crippen LogP contribution in [0.2, 0.25) is 0 Å². The molecule has 2 aromatic heterocycles. The van der Waals surface area contributed by atoms with Gasteiger partial charge in [-0.2, -0.15) is 21.9 Å². The van der Waals surface area contributed by atoms with Gasteiger partial charge in [0.2, 0.25) is 0 Å². The molecule has 0 unspecified atom stereocenters. The van der Waals surface area contributed by atoms with Crippen LogP contribution in [0.1, 0.15) is 27.4 Å². The summed E-state index contributed by atoms with van der Waals surface area (Å²) < 4.78 is 53.6. The highest BCUT2D eigenvalue weighted by Gasteiger charge is 2.38. The van der Waals surface area contributed by atoms with Gasteiger partial charge in [-0.25, -0.2) is 0 Å². The molecule has 0 fully saturated rings. The zero-order chi connectivity index (χ0) is 22.1. The topological polar surface area (TPSA) is 104 Å². The van der Waals surface area contributed by atoms with Crippen molar-refractivity contribution in [3.63, 3.8) is 0 Å². The Kier molecular flexibility index (Phi) is 5.87.